The molecule has 0 radical (unpaired) electrons. The summed E-state index contributed by atoms with van der Waals surface area (Å²) in [7, 11) is 1.57. The van der Waals surface area contributed by atoms with E-state index < -0.39 is 12.1 Å². The second-order valence-electron chi connectivity index (χ2n) is 9.70. The fraction of sp³-hybridized carbons (Fsp3) is 0.500. The van der Waals surface area contributed by atoms with Gasteiger partial charge in [0, 0.05) is 52.1 Å². The molecule has 3 saturated heterocycles. The largest absolute Gasteiger partial charge is 0.554 e. The van der Waals surface area contributed by atoms with Gasteiger partial charge in [0.05, 0.1) is 25.2 Å². The molecule has 0 aliphatic carbocycles. The number of quaternary nitrogens is 1. The lowest BCUT2D eigenvalue weighted by Gasteiger charge is -2.47. The van der Waals surface area contributed by atoms with Crippen LogP contribution in [0.5, 0.6) is 0 Å². The number of hydrogen-bond donors (Lipinski definition) is 0. The van der Waals surface area contributed by atoms with Gasteiger partial charge in [-0.15, -0.1) is 0 Å². The third-order valence-corrected chi connectivity index (χ3v) is 8.07. The Morgan fingerprint density at radius 1 is 0.971 bits per heavy atom. The van der Waals surface area contributed by atoms with E-state index in [1.165, 1.54) is 43.3 Å². The minimum atomic E-state index is -1.35. The Balaban J connectivity index is 0.000000917. The molecule has 3 heterocycles. The lowest BCUT2D eigenvalue weighted by Crippen LogP contribution is -2.60. The van der Waals surface area contributed by atoms with Gasteiger partial charge >= 0.3 is 5.97 Å². The average Bonchev–Trinajstić information content (AvgIpc) is 3.43. The van der Waals surface area contributed by atoms with E-state index in [-0.39, 0.29) is 18.9 Å². The summed E-state index contributed by atoms with van der Waals surface area (Å²) in [4.78, 5) is 22.2. The Kier molecular flexibility index (Phi) is 8.21. The van der Waals surface area contributed by atoms with Crippen molar-refractivity contribution >= 4 is 12.4 Å². The van der Waals surface area contributed by atoms with Gasteiger partial charge in [0.2, 0.25) is 5.60 Å². The summed E-state index contributed by atoms with van der Waals surface area (Å²) in [5.74, 6) is -0.341. The standard InChI is InChI=1S/C27H34NO4.CH2O2/c1-30-20-31-27(21-10-4-2-5-11-21,22-12-6-3-7-13-22)26(29)32-25-18-23-14-15-24(19-25)28(23)16-8-9-17-28;2-1-3/h2-7,10-13,23-25H,8-9,14-20H2,1H3;1H,(H,2,3)/q+1;/p-1. The Morgan fingerprint density at radius 2 is 1.46 bits per heavy atom. The van der Waals surface area contributed by atoms with Gasteiger partial charge in [-0.25, -0.2) is 4.79 Å². The SMILES string of the molecule is COCOC(C(=O)OC1CC2CCC(C1)[N+]21CCCC1)(c1ccccc1)c1ccccc1.O=C[O-]. The average molecular weight is 482 g/mol. The quantitative estimate of drug-likeness (QED) is 0.262. The maximum Gasteiger partial charge on any atom is 0.348 e. The molecule has 7 nitrogen and oxygen atoms in total. The molecule has 2 aromatic rings. The fourth-order valence-electron chi connectivity index (χ4n) is 6.66. The fourth-order valence-corrected chi connectivity index (χ4v) is 6.66. The van der Waals surface area contributed by atoms with Gasteiger partial charge in [-0.05, 0) is 11.1 Å². The molecule has 3 aliphatic heterocycles. The molecule has 0 saturated carbocycles. The number of nitrogens with zero attached hydrogens (tertiary/aromatic N) is 1. The van der Waals surface area contributed by atoms with Gasteiger partial charge in [-0.1, -0.05) is 60.7 Å². The monoisotopic (exact) mass is 481 g/mol. The molecule has 2 atom stereocenters. The number of carboxylic acid groups (broad SMARTS) is 1. The highest BCUT2D eigenvalue weighted by Crippen LogP contribution is 2.47. The highest BCUT2D eigenvalue weighted by Gasteiger charge is 2.56. The molecular formula is C28H35NO6. The van der Waals surface area contributed by atoms with Crippen molar-refractivity contribution in [1.82, 2.24) is 0 Å². The molecule has 3 fully saturated rings. The number of piperidine rings is 1. The lowest BCUT2D eigenvalue weighted by molar-refractivity contribution is -0.956. The minimum absolute atomic E-state index is 0.00515. The molecule has 0 N–H and O–H groups in total. The van der Waals surface area contributed by atoms with Crippen LogP contribution < -0.4 is 5.11 Å². The van der Waals surface area contributed by atoms with E-state index in [9.17, 15) is 4.79 Å². The van der Waals surface area contributed by atoms with Crippen molar-refractivity contribution in [3.05, 3.63) is 71.8 Å². The van der Waals surface area contributed by atoms with E-state index in [1.807, 2.05) is 60.7 Å². The highest BCUT2D eigenvalue weighted by molar-refractivity contribution is 5.86. The van der Waals surface area contributed by atoms with Crippen molar-refractivity contribution < 1.29 is 33.4 Å². The molecule has 0 aromatic heterocycles. The van der Waals surface area contributed by atoms with Crippen LogP contribution in [0.4, 0.5) is 0 Å². The van der Waals surface area contributed by atoms with E-state index in [1.54, 1.807) is 7.11 Å². The summed E-state index contributed by atoms with van der Waals surface area (Å²) in [6.07, 6.45) is 7.09. The van der Waals surface area contributed by atoms with E-state index in [4.69, 9.17) is 24.1 Å². The summed E-state index contributed by atoms with van der Waals surface area (Å²) < 4.78 is 19.1. The molecule has 3 aliphatic rings. The Morgan fingerprint density at radius 3 is 1.91 bits per heavy atom. The normalized spacial score (nSPS) is 24.4. The summed E-state index contributed by atoms with van der Waals surface area (Å²) in [6, 6.07) is 20.6. The first kappa shape index (κ1) is 25.4. The van der Waals surface area contributed by atoms with Crippen molar-refractivity contribution in [2.75, 3.05) is 27.0 Å². The molecule has 5 rings (SSSR count). The zero-order valence-electron chi connectivity index (χ0n) is 20.3. The van der Waals surface area contributed by atoms with E-state index >= 15 is 0 Å². The first-order valence-corrected chi connectivity index (χ1v) is 12.5. The number of carbonyl (C=O) groups is 2. The lowest BCUT2D eigenvalue weighted by atomic mass is 9.85. The van der Waals surface area contributed by atoms with Crippen LogP contribution in [0, 0.1) is 0 Å². The van der Waals surface area contributed by atoms with Crippen molar-refractivity contribution in [2.24, 2.45) is 0 Å². The maximum absolute atomic E-state index is 14.0. The molecule has 188 valence electrons. The summed E-state index contributed by atoms with van der Waals surface area (Å²) in [6.45, 7) is 2.12. The number of methoxy groups -OCH3 is 1. The van der Waals surface area contributed by atoms with Crippen LogP contribution in [0.1, 0.15) is 49.7 Å². The predicted molar refractivity (Wildman–Crippen MR) is 128 cm³/mol. The second kappa shape index (κ2) is 11.3. The summed E-state index contributed by atoms with van der Waals surface area (Å²) >= 11 is 0. The van der Waals surface area contributed by atoms with Gasteiger partial charge in [0.15, 0.2) is 0 Å². The topological polar surface area (TPSA) is 84.9 Å². The zero-order chi connectivity index (χ0) is 24.7. The number of rotatable bonds is 7. The molecule has 7 heteroatoms. The zero-order valence-corrected chi connectivity index (χ0v) is 20.3. The Bertz CT molecular complexity index is 904. The van der Waals surface area contributed by atoms with Crippen LogP contribution in [0.3, 0.4) is 0 Å². The Hall–Kier alpha value is -2.74. The van der Waals surface area contributed by atoms with Gasteiger partial charge in [0.1, 0.15) is 12.9 Å². The third-order valence-electron chi connectivity index (χ3n) is 8.07. The van der Waals surface area contributed by atoms with E-state index in [2.05, 4.69) is 0 Å². The number of carbonyl (C=O) groups excluding carboxylic acids is 2. The molecular weight excluding hydrogens is 446 g/mol. The summed E-state index contributed by atoms with van der Waals surface area (Å²) in [5, 5.41) is 8.25. The number of benzene rings is 2. The van der Waals surface area contributed by atoms with Crippen molar-refractivity contribution in [3.8, 4) is 0 Å². The van der Waals surface area contributed by atoms with Crippen molar-refractivity contribution in [3.63, 3.8) is 0 Å². The van der Waals surface area contributed by atoms with Crippen molar-refractivity contribution in [2.45, 2.75) is 62.3 Å². The molecule has 35 heavy (non-hydrogen) atoms. The van der Waals surface area contributed by atoms with Crippen LogP contribution in [0.25, 0.3) is 0 Å². The van der Waals surface area contributed by atoms with Crippen LogP contribution >= 0.6 is 0 Å². The first-order chi connectivity index (χ1) is 17.1. The Labute approximate surface area is 207 Å². The highest BCUT2D eigenvalue weighted by atomic mass is 16.7. The van der Waals surface area contributed by atoms with Gasteiger partial charge in [0.25, 0.3) is 0 Å². The predicted octanol–water partition coefficient (Wildman–Crippen LogP) is 2.76. The first-order valence-electron chi connectivity index (χ1n) is 12.5. The molecule has 2 unspecified atom stereocenters. The van der Waals surface area contributed by atoms with E-state index in [0.717, 1.165) is 24.0 Å². The molecule has 2 aromatic carbocycles. The summed E-state index contributed by atoms with van der Waals surface area (Å²) in [5.41, 5.74) is 0.166. The molecule has 2 bridgehead atoms. The second-order valence-corrected chi connectivity index (χ2v) is 9.70. The molecule has 0 amide bonds. The van der Waals surface area contributed by atoms with E-state index in [0.29, 0.717) is 12.1 Å². The number of hydrogen-bond acceptors (Lipinski definition) is 6. The van der Waals surface area contributed by atoms with Gasteiger partial charge < -0.3 is 28.6 Å². The van der Waals surface area contributed by atoms with Crippen molar-refractivity contribution in [1.29, 1.82) is 0 Å². The van der Waals surface area contributed by atoms with Crippen LogP contribution in [0.2, 0.25) is 0 Å². The number of esters is 1. The maximum atomic E-state index is 14.0. The van der Waals surface area contributed by atoms with Crippen LogP contribution in [-0.4, -0.2) is 62.1 Å². The van der Waals surface area contributed by atoms with Gasteiger partial charge in [-0.2, -0.15) is 0 Å². The minimum Gasteiger partial charge on any atom is -0.554 e. The van der Waals surface area contributed by atoms with Crippen LogP contribution in [-0.2, 0) is 29.4 Å². The molecule has 1 spiro atoms. The number of ether oxygens (including phenoxy) is 3. The van der Waals surface area contributed by atoms with Crippen LogP contribution in [0.15, 0.2) is 60.7 Å². The van der Waals surface area contributed by atoms with Gasteiger partial charge in [-0.3, -0.25) is 0 Å². The third kappa shape index (κ3) is 4.85. The smallest absolute Gasteiger partial charge is 0.348 e.